The number of amides is 1. The molecule has 0 bridgehead atoms. The summed E-state index contributed by atoms with van der Waals surface area (Å²) in [7, 11) is -1.69. The summed E-state index contributed by atoms with van der Waals surface area (Å²) in [6.45, 7) is 5.11. The summed E-state index contributed by atoms with van der Waals surface area (Å²) in [6, 6.07) is 8.00. The van der Waals surface area contributed by atoms with Crippen LogP contribution in [-0.2, 0) is 15.0 Å². The first-order valence-electron chi connectivity index (χ1n) is 10.9. The summed E-state index contributed by atoms with van der Waals surface area (Å²) in [5.41, 5.74) is 1.11. The molecule has 0 aromatic heterocycles. The fourth-order valence-corrected chi connectivity index (χ4v) is 6.38. The van der Waals surface area contributed by atoms with Crippen molar-refractivity contribution in [2.24, 2.45) is 5.92 Å². The molecule has 3 heterocycles. The van der Waals surface area contributed by atoms with Gasteiger partial charge in [-0.3, -0.25) is 4.79 Å². The zero-order valence-corrected chi connectivity index (χ0v) is 18.5. The number of hydrogen-bond acceptors (Lipinski definition) is 5. The van der Waals surface area contributed by atoms with Crippen LogP contribution < -0.4 is 9.64 Å². The third kappa shape index (κ3) is 4.43. The van der Waals surface area contributed by atoms with E-state index in [0.717, 1.165) is 37.4 Å². The van der Waals surface area contributed by atoms with Crippen molar-refractivity contribution in [2.45, 2.75) is 25.7 Å². The molecule has 1 aromatic carbocycles. The standard InChI is InChI=1S/C21H32N4O4S/c1-29-20-6-4-5-19(17-20)22-13-15-23(16-14-22)21(26)18-7-11-25(12-8-18)30(27,28)24-9-2-3-10-24/h4-6,17-18H,2-3,7-16H2,1H3. The molecule has 0 N–H and O–H groups in total. The molecule has 9 heteroatoms. The second-order valence-electron chi connectivity index (χ2n) is 8.30. The minimum absolute atomic E-state index is 0.0709. The van der Waals surface area contributed by atoms with Crippen LogP contribution in [0.1, 0.15) is 25.7 Å². The summed E-state index contributed by atoms with van der Waals surface area (Å²) >= 11 is 0. The zero-order chi connectivity index (χ0) is 21.1. The lowest BCUT2D eigenvalue weighted by Crippen LogP contribution is -2.52. The van der Waals surface area contributed by atoms with E-state index in [2.05, 4.69) is 11.0 Å². The van der Waals surface area contributed by atoms with Crippen LogP contribution in [0.15, 0.2) is 24.3 Å². The van der Waals surface area contributed by atoms with Crippen molar-refractivity contribution in [1.29, 1.82) is 0 Å². The van der Waals surface area contributed by atoms with Gasteiger partial charge in [-0.25, -0.2) is 0 Å². The van der Waals surface area contributed by atoms with E-state index in [1.807, 2.05) is 23.1 Å². The maximum atomic E-state index is 13.0. The fraction of sp³-hybridized carbons (Fsp3) is 0.667. The van der Waals surface area contributed by atoms with Crippen LogP contribution in [0.3, 0.4) is 0 Å². The highest BCUT2D eigenvalue weighted by atomic mass is 32.2. The number of methoxy groups -OCH3 is 1. The molecule has 3 saturated heterocycles. The van der Waals surface area contributed by atoms with Gasteiger partial charge in [-0.1, -0.05) is 6.07 Å². The lowest BCUT2D eigenvalue weighted by atomic mass is 9.96. The molecule has 4 rings (SSSR count). The van der Waals surface area contributed by atoms with Crippen molar-refractivity contribution < 1.29 is 17.9 Å². The van der Waals surface area contributed by atoms with Gasteiger partial charge in [0.05, 0.1) is 7.11 Å². The zero-order valence-electron chi connectivity index (χ0n) is 17.7. The number of rotatable bonds is 5. The van der Waals surface area contributed by atoms with Crippen molar-refractivity contribution in [3.05, 3.63) is 24.3 Å². The van der Waals surface area contributed by atoms with E-state index in [1.54, 1.807) is 15.7 Å². The van der Waals surface area contributed by atoms with Crippen LogP contribution in [0.2, 0.25) is 0 Å². The third-order valence-corrected chi connectivity index (χ3v) is 8.57. The van der Waals surface area contributed by atoms with Gasteiger partial charge in [0.25, 0.3) is 10.2 Å². The van der Waals surface area contributed by atoms with Gasteiger partial charge in [-0.05, 0) is 37.8 Å². The van der Waals surface area contributed by atoms with Crippen LogP contribution in [0.4, 0.5) is 5.69 Å². The highest BCUT2D eigenvalue weighted by Crippen LogP contribution is 2.26. The molecular weight excluding hydrogens is 404 g/mol. The normalized spacial score (nSPS) is 22.4. The second kappa shape index (κ2) is 9.11. The Balaban J connectivity index is 1.28. The molecule has 8 nitrogen and oxygen atoms in total. The van der Waals surface area contributed by atoms with E-state index in [1.165, 1.54) is 0 Å². The van der Waals surface area contributed by atoms with Gasteiger partial charge in [0.15, 0.2) is 0 Å². The van der Waals surface area contributed by atoms with E-state index < -0.39 is 10.2 Å². The number of benzene rings is 1. The number of carbonyl (C=O) groups excluding carboxylic acids is 1. The molecule has 0 atom stereocenters. The van der Waals surface area contributed by atoms with Gasteiger partial charge in [-0.15, -0.1) is 0 Å². The van der Waals surface area contributed by atoms with Gasteiger partial charge in [0.2, 0.25) is 5.91 Å². The average molecular weight is 437 g/mol. The number of piperidine rings is 1. The Kier molecular flexibility index (Phi) is 6.50. The molecule has 0 spiro atoms. The molecule has 0 saturated carbocycles. The SMILES string of the molecule is COc1cccc(N2CCN(C(=O)C3CCN(S(=O)(=O)N4CCCC4)CC3)CC2)c1. The van der Waals surface area contributed by atoms with Crippen molar-refractivity contribution >= 4 is 21.8 Å². The minimum atomic E-state index is -3.35. The van der Waals surface area contributed by atoms with Crippen LogP contribution in [0.5, 0.6) is 5.75 Å². The molecule has 3 aliphatic rings. The summed E-state index contributed by atoms with van der Waals surface area (Å²) in [4.78, 5) is 17.2. The van der Waals surface area contributed by atoms with E-state index in [-0.39, 0.29) is 11.8 Å². The predicted octanol–water partition coefficient (Wildman–Crippen LogP) is 1.40. The molecule has 0 radical (unpaired) electrons. The molecule has 166 valence electrons. The first-order chi connectivity index (χ1) is 14.5. The minimum Gasteiger partial charge on any atom is -0.497 e. The number of ether oxygens (including phenoxy) is 1. The van der Waals surface area contributed by atoms with Gasteiger partial charge in [0.1, 0.15) is 5.75 Å². The largest absolute Gasteiger partial charge is 0.497 e. The first kappa shape index (κ1) is 21.4. The van der Waals surface area contributed by atoms with E-state index in [9.17, 15) is 13.2 Å². The Bertz CT molecular complexity index is 840. The Labute approximate surface area is 179 Å². The average Bonchev–Trinajstić information content (AvgIpc) is 3.35. The van der Waals surface area contributed by atoms with Crippen molar-refractivity contribution in [2.75, 3.05) is 64.4 Å². The third-order valence-electron chi connectivity index (χ3n) is 6.53. The maximum Gasteiger partial charge on any atom is 0.281 e. The van der Waals surface area contributed by atoms with Crippen molar-refractivity contribution in [1.82, 2.24) is 13.5 Å². The molecule has 1 amide bonds. The van der Waals surface area contributed by atoms with Crippen LogP contribution >= 0.6 is 0 Å². The Hall–Kier alpha value is -1.84. The quantitative estimate of drug-likeness (QED) is 0.698. The smallest absolute Gasteiger partial charge is 0.281 e. The van der Waals surface area contributed by atoms with Gasteiger partial charge < -0.3 is 14.5 Å². The van der Waals surface area contributed by atoms with Gasteiger partial charge >= 0.3 is 0 Å². The molecule has 0 aliphatic carbocycles. The van der Waals surface area contributed by atoms with E-state index in [4.69, 9.17) is 4.74 Å². The molecular formula is C21H32N4O4S. The number of anilines is 1. The highest BCUT2D eigenvalue weighted by Gasteiger charge is 2.37. The molecule has 3 aliphatic heterocycles. The molecule has 0 unspecified atom stereocenters. The molecule has 30 heavy (non-hydrogen) atoms. The van der Waals surface area contributed by atoms with E-state index in [0.29, 0.717) is 52.1 Å². The number of piperazine rings is 1. The lowest BCUT2D eigenvalue weighted by molar-refractivity contribution is -0.137. The lowest BCUT2D eigenvalue weighted by Gasteiger charge is -2.39. The first-order valence-corrected chi connectivity index (χ1v) is 12.3. The van der Waals surface area contributed by atoms with Gasteiger partial charge in [0, 0.05) is 70.0 Å². The summed E-state index contributed by atoms with van der Waals surface area (Å²) in [5.74, 6) is 0.943. The predicted molar refractivity (Wildman–Crippen MR) is 116 cm³/mol. The monoisotopic (exact) mass is 436 g/mol. The van der Waals surface area contributed by atoms with Crippen LogP contribution in [0, 0.1) is 5.92 Å². The number of carbonyl (C=O) groups is 1. The Morgan fingerprint density at radius 2 is 1.57 bits per heavy atom. The topological polar surface area (TPSA) is 73.4 Å². The molecule has 1 aromatic rings. The Morgan fingerprint density at radius 1 is 0.933 bits per heavy atom. The van der Waals surface area contributed by atoms with Gasteiger partial charge in [-0.2, -0.15) is 17.0 Å². The van der Waals surface area contributed by atoms with Crippen LogP contribution in [-0.4, -0.2) is 87.3 Å². The van der Waals surface area contributed by atoms with Crippen molar-refractivity contribution in [3.8, 4) is 5.75 Å². The second-order valence-corrected chi connectivity index (χ2v) is 10.2. The summed E-state index contributed by atoms with van der Waals surface area (Å²) in [5, 5.41) is 0. The fourth-order valence-electron chi connectivity index (χ4n) is 4.67. The highest BCUT2D eigenvalue weighted by molar-refractivity contribution is 7.86. The Morgan fingerprint density at radius 3 is 2.20 bits per heavy atom. The van der Waals surface area contributed by atoms with Crippen LogP contribution in [0.25, 0.3) is 0 Å². The summed E-state index contributed by atoms with van der Waals surface area (Å²) < 4.78 is 33.9. The molecule has 3 fully saturated rings. The maximum absolute atomic E-state index is 13.0. The number of hydrogen-bond donors (Lipinski definition) is 0. The van der Waals surface area contributed by atoms with Crippen molar-refractivity contribution in [3.63, 3.8) is 0 Å². The summed E-state index contributed by atoms with van der Waals surface area (Å²) in [6.07, 6.45) is 3.11. The van der Waals surface area contributed by atoms with E-state index >= 15 is 0 Å². The number of nitrogens with zero attached hydrogens (tertiary/aromatic N) is 4.